The van der Waals surface area contributed by atoms with Crippen molar-refractivity contribution in [1.82, 2.24) is 5.43 Å². The van der Waals surface area contributed by atoms with E-state index in [-0.39, 0.29) is 0 Å². The van der Waals surface area contributed by atoms with Crippen molar-refractivity contribution in [3.8, 4) is 0 Å². The van der Waals surface area contributed by atoms with Gasteiger partial charge in [-0.3, -0.25) is 5.43 Å². The molecule has 0 aromatic carbocycles. The topological polar surface area (TPSA) is 75.3 Å². The summed E-state index contributed by atoms with van der Waals surface area (Å²) in [6.07, 6.45) is -1.22. The van der Waals surface area contributed by atoms with Gasteiger partial charge in [0.25, 0.3) is 0 Å². The zero-order valence-corrected chi connectivity index (χ0v) is 6.89. The molecule has 4 N–H and O–H groups in total. The Morgan fingerprint density at radius 1 is 1.82 bits per heavy atom. The molecule has 1 rings (SSSR count). The maximum Gasteiger partial charge on any atom is 0.418 e. The van der Waals surface area contributed by atoms with Gasteiger partial charge in [-0.1, -0.05) is 0 Å². The summed E-state index contributed by atoms with van der Waals surface area (Å²) in [5.74, 6) is 4.32. The molecule has 0 radical (unpaired) electrons. The van der Waals surface area contributed by atoms with Gasteiger partial charge in [-0.15, -0.1) is 0 Å². The molecule has 0 aliphatic carbocycles. The van der Waals surface area contributed by atoms with Crippen LogP contribution in [0.3, 0.4) is 0 Å². The lowest BCUT2D eigenvalue weighted by Gasteiger charge is -1.79. The van der Waals surface area contributed by atoms with Crippen LogP contribution in [-0.2, 0) is 0 Å². The van der Waals surface area contributed by atoms with Crippen LogP contribution in [-0.4, -0.2) is 11.2 Å². The molecular formula is C6H10N2O2S. The summed E-state index contributed by atoms with van der Waals surface area (Å²) in [4.78, 5) is 9.13. The number of rotatable bonds is 0. The van der Waals surface area contributed by atoms with Gasteiger partial charge in [0.2, 0.25) is 0 Å². The third kappa shape index (κ3) is 6.82. The van der Waals surface area contributed by atoms with E-state index in [1.165, 1.54) is 11.0 Å². The smallest absolute Gasteiger partial charge is 0.418 e. The number of nitrogens with one attached hydrogen (secondary N) is 1. The summed E-state index contributed by atoms with van der Waals surface area (Å²) in [7, 11) is 0. The Kier molecular flexibility index (Phi) is 5.14. The van der Waals surface area contributed by atoms with Crippen molar-refractivity contribution in [2.45, 2.75) is 6.92 Å². The molecule has 0 unspecified atom stereocenters. The minimum Gasteiger partial charge on any atom is -0.464 e. The lowest BCUT2D eigenvalue weighted by molar-refractivity contribution is 0.194. The molecule has 4 nitrogen and oxygen atoms in total. The van der Waals surface area contributed by atoms with Gasteiger partial charge in [-0.25, -0.2) is 10.6 Å². The quantitative estimate of drug-likeness (QED) is 0.314. The molecule has 0 saturated heterocycles. The molecule has 0 spiro atoms. The van der Waals surface area contributed by atoms with E-state index in [2.05, 4.69) is 29.6 Å². The Hall–Kier alpha value is -1.07. The van der Waals surface area contributed by atoms with Crippen LogP contribution in [0.4, 0.5) is 4.79 Å². The number of carboxylic acid groups (broad SMARTS) is 1. The summed E-state index contributed by atoms with van der Waals surface area (Å²) < 4.78 is 0. The van der Waals surface area contributed by atoms with Crippen LogP contribution >= 0.6 is 11.3 Å². The first-order valence-corrected chi connectivity index (χ1v) is 3.79. The van der Waals surface area contributed by atoms with Crippen molar-refractivity contribution in [3.63, 3.8) is 0 Å². The predicted molar refractivity (Wildman–Crippen MR) is 44.4 cm³/mol. The molecule has 11 heavy (non-hydrogen) atoms. The standard InChI is InChI=1S/C5H6S.CH4N2O2/c1-5-2-3-6-4-5;2-3-1(4)5/h2-4H,1H3;3H,2H2,(H,4,5). The molecule has 1 heterocycles. The average molecular weight is 174 g/mol. The molecule has 0 bridgehead atoms. The fourth-order valence-electron chi connectivity index (χ4n) is 0.333. The predicted octanol–water partition coefficient (Wildman–Crippen LogP) is 1.18. The van der Waals surface area contributed by atoms with Gasteiger partial charge in [0.05, 0.1) is 0 Å². The van der Waals surface area contributed by atoms with Crippen molar-refractivity contribution in [3.05, 3.63) is 22.4 Å². The molecule has 1 aromatic rings. The largest absolute Gasteiger partial charge is 0.464 e. The third-order valence-electron chi connectivity index (χ3n) is 0.787. The minimum absolute atomic E-state index is 1.22. The van der Waals surface area contributed by atoms with Crippen LogP contribution < -0.4 is 11.3 Å². The Morgan fingerprint density at radius 2 is 2.36 bits per heavy atom. The van der Waals surface area contributed by atoms with Crippen molar-refractivity contribution < 1.29 is 9.90 Å². The zero-order valence-electron chi connectivity index (χ0n) is 6.07. The lowest BCUT2D eigenvalue weighted by Crippen LogP contribution is -2.27. The highest BCUT2D eigenvalue weighted by atomic mass is 32.1. The second-order valence-electron chi connectivity index (χ2n) is 1.75. The Morgan fingerprint density at radius 3 is 2.45 bits per heavy atom. The first-order valence-electron chi connectivity index (χ1n) is 2.85. The van der Waals surface area contributed by atoms with Crippen LogP contribution in [0.2, 0.25) is 0 Å². The van der Waals surface area contributed by atoms with E-state index in [0.717, 1.165) is 0 Å². The van der Waals surface area contributed by atoms with Gasteiger partial charge >= 0.3 is 6.09 Å². The third-order valence-corrected chi connectivity index (χ3v) is 1.59. The first kappa shape index (κ1) is 9.93. The van der Waals surface area contributed by atoms with Crippen LogP contribution in [0.25, 0.3) is 0 Å². The number of amides is 1. The van der Waals surface area contributed by atoms with Crippen molar-refractivity contribution in [2.75, 3.05) is 0 Å². The summed E-state index contributed by atoms with van der Waals surface area (Å²) in [6.45, 7) is 2.09. The van der Waals surface area contributed by atoms with Crippen molar-refractivity contribution >= 4 is 17.4 Å². The number of carbonyl (C=O) groups is 1. The molecule has 0 fully saturated rings. The highest BCUT2D eigenvalue weighted by Gasteiger charge is 1.77. The van der Waals surface area contributed by atoms with Gasteiger partial charge in [0.1, 0.15) is 0 Å². The average Bonchev–Trinajstić information content (AvgIpc) is 2.41. The number of nitrogens with two attached hydrogens (primary N) is 1. The highest BCUT2D eigenvalue weighted by Crippen LogP contribution is 2.01. The van der Waals surface area contributed by atoms with Crippen LogP contribution in [0.1, 0.15) is 5.56 Å². The second-order valence-corrected chi connectivity index (χ2v) is 2.53. The van der Waals surface area contributed by atoms with E-state index in [1.54, 1.807) is 11.3 Å². The van der Waals surface area contributed by atoms with Crippen LogP contribution in [0.15, 0.2) is 16.8 Å². The molecule has 1 aromatic heterocycles. The van der Waals surface area contributed by atoms with Gasteiger partial charge in [-0.2, -0.15) is 11.3 Å². The minimum atomic E-state index is -1.22. The molecule has 1 amide bonds. The van der Waals surface area contributed by atoms with E-state index >= 15 is 0 Å². The number of hydrogen-bond acceptors (Lipinski definition) is 3. The second kappa shape index (κ2) is 5.70. The molecule has 0 saturated carbocycles. The molecule has 5 heteroatoms. The molecule has 0 aliphatic heterocycles. The molecular weight excluding hydrogens is 164 g/mol. The van der Waals surface area contributed by atoms with Gasteiger partial charge in [0, 0.05) is 0 Å². The van der Waals surface area contributed by atoms with E-state index in [1.807, 2.05) is 0 Å². The van der Waals surface area contributed by atoms with E-state index in [4.69, 9.17) is 9.90 Å². The molecule has 0 atom stereocenters. The summed E-state index contributed by atoms with van der Waals surface area (Å²) in [5, 5.41) is 11.7. The molecule has 0 aliphatic rings. The fourth-order valence-corrected chi connectivity index (χ4v) is 0.998. The highest BCUT2D eigenvalue weighted by molar-refractivity contribution is 7.07. The monoisotopic (exact) mass is 174 g/mol. The maximum atomic E-state index is 9.13. The number of aryl methyl sites for hydroxylation is 1. The SMILES string of the molecule is Cc1ccsc1.NNC(=O)O. The van der Waals surface area contributed by atoms with Crippen LogP contribution in [0.5, 0.6) is 0 Å². The van der Waals surface area contributed by atoms with E-state index < -0.39 is 6.09 Å². The summed E-state index contributed by atoms with van der Waals surface area (Å²) in [6, 6.07) is 2.10. The molecule has 62 valence electrons. The van der Waals surface area contributed by atoms with Gasteiger partial charge < -0.3 is 5.11 Å². The first-order chi connectivity index (χ1) is 5.16. The van der Waals surface area contributed by atoms with E-state index in [9.17, 15) is 0 Å². The Balaban J connectivity index is 0.000000187. The normalized spacial score (nSPS) is 7.82. The summed E-state index contributed by atoms with van der Waals surface area (Å²) >= 11 is 1.74. The number of thiophene rings is 1. The maximum absolute atomic E-state index is 9.13. The number of hydrazine groups is 1. The number of hydrogen-bond donors (Lipinski definition) is 3. The van der Waals surface area contributed by atoms with E-state index in [0.29, 0.717) is 0 Å². The summed E-state index contributed by atoms with van der Waals surface area (Å²) in [5.41, 5.74) is 2.81. The Labute approximate surface area is 68.6 Å². The van der Waals surface area contributed by atoms with Crippen molar-refractivity contribution in [2.24, 2.45) is 5.84 Å². The van der Waals surface area contributed by atoms with Gasteiger partial charge in [0.15, 0.2) is 0 Å². The van der Waals surface area contributed by atoms with Gasteiger partial charge in [-0.05, 0) is 29.3 Å². The Bertz CT molecular complexity index is 198. The fraction of sp³-hybridized carbons (Fsp3) is 0.167. The van der Waals surface area contributed by atoms with Crippen molar-refractivity contribution in [1.29, 1.82) is 0 Å². The zero-order chi connectivity index (χ0) is 8.69. The van der Waals surface area contributed by atoms with Crippen LogP contribution in [0, 0.1) is 6.92 Å². The lowest BCUT2D eigenvalue weighted by atomic mass is 10.4.